The molecule has 0 aromatic rings. The Kier molecular flexibility index (Phi) is 2.46. The van der Waals surface area contributed by atoms with Crippen LogP contribution in [0, 0.1) is 0 Å². The fourth-order valence-electron chi connectivity index (χ4n) is 1.15. The van der Waals surface area contributed by atoms with E-state index in [2.05, 4.69) is 18.4 Å². The first-order valence-corrected chi connectivity index (χ1v) is 3.82. The lowest BCUT2D eigenvalue weighted by molar-refractivity contribution is 0.195. The third-order valence-electron chi connectivity index (χ3n) is 1.99. The molecule has 3 unspecified atom stereocenters. The van der Waals surface area contributed by atoms with E-state index in [0.717, 1.165) is 19.1 Å². The molecule has 0 aliphatic carbocycles. The molecule has 1 rings (SSSR count). The van der Waals surface area contributed by atoms with Crippen molar-refractivity contribution >= 4 is 0 Å². The summed E-state index contributed by atoms with van der Waals surface area (Å²) in [5.74, 6) is 0. The number of hydrogen-bond acceptors (Lipinski definition) is 2. The summed E-state index contributed by atoms with van der Waals surface area (Å²) in [5.41, 5.74) is 0. The van der Waals surface area contributed by atoms with Crippen molar-refractivity contribution < 1.29 is 5.11 Å². The summed E-state index contributed by atoms with van der Waals surface area (Å²) in [7, 11) is 0. The molecule has 0 aromatic heterocycles. The standard InChI is InChI=1S/C8H15NO/c1-3-7-5-9(7)6-8(10)4-2/h4,7-8,10H,2-3,5-6H2,1H3. The van der Waals surface area contributed by atoms with Crippen molar-refractivity contribution in [2.24, 2.45) is 0 Å². The van der Waals surface area contributed by atoms with Gasteiger partial charge < -0.3 is 5.11 Å². The van der Waals surface area contributed by atoms with Crippen molar-refractivity contribution in [2.75, 3.05) is 13.1 Å². The van der Waals surface area contributed by atoms with Crippen LogP contribution >= 0.6 is 0 Å². The second-order valence-electron chi connectivity index (χ2n) is 2.82. The van der Waals surface area contributed by atoms with Gasteiger partial charge in [0.05, 0.1) is 6.10 Å². The molecule has 0 amide bonds. The Balaban J connectivity index is 2.11. The normalized spacial score (nSPS) is 33.4. The van der Waals surface area contributed by atoms with E-state index in [1.54, 1.807) is 6.08 Å². The molecule has 1 heterocycles. The van der Waals surface area contributed by atoms with Crippen molar-refractivity contribution in [2.45, 2.75) is 25.5 Å². The van der Waals surface area contributed by atoms with Gasteiger partial charge in [-0.05, 0) is 6.42 Å². The second-order valence-corrected chi connectivity index (χ2v) is 2.82. The maximum atomic E-state index is 9.12. The molecular formula is C8H15NO. The minimum Gasteiger partial charge on any atom is -0.388 e. The zero-order chi connectivity index (χ0) is 7.56. The molecule has 0 radical (unpaired) electrons. The van der Waals surface area contributed by atoms with Gasteiger partial charge in [0.25, 0.3) is 0 Å². The minimum absolute atomic E-state index is 0.337. The summed E-state index contributed by atoms with van der Waals surface area (Å²) < 4.78 is 0. The molecule has 0 spiro atoms. The van der Waals surface area contributed by atoms with Gasteiger partial charge in [-0.1, -0.05) is 13.0 Å². The number of nitrogens with zero attached hydrogens (tertiary/aromatic N) is 1. The van der Waals surface area contributed by atoms with Crippen LogP contribution in [0.1, 0.15) is 13.3 Å². The highest BCUT2D eigenvalue weighted by Gasteiger charge is 2.32. The van der Waals surface area contributed by atoms with Crippen molar-refractivity contribution in [3.05, 3.63) is 12.7 Å². The highest BCUT2D eigenvalue weighted by atomic mass is 16.3. The molecule has 1 aliphatic rings. The zero-order valence-corrected chi connectivity index (χ0v) is 6.45. The lowest BCUT2D eigenvalue weighted by Gasteiger charge is -2.05. The lowest BCUT2D eigenvalue weighted by Crippen LogP contribution is -2.17. The van der Waals surface area contributed by atoms with Gasteiger partial charge in [0.15, 0.2) is 0 Å². The molecule has 1 saturated heterocycles. The lowest BCUT2D eigenvalue weighted by atomic mass is 10.3. The van der Waals surface area contributed by atoms with Crippen LogP contribution in [0.15, 0.2) is 12.7 Å². The highest BCUT2D eigenvalue weighted by molar-refractivity contribution is 4.92. The SMILES string of the molecule is C=CC(O)CN1CC1CC. The molecule has 1 N–H and O–H groups in total. The summed E-state index contributed by atoms with van der Waals surface area (Å²) >= 11 is 0. The average Bonchev–Trinajstić information content (AvgIpc) is 2.67. The van der Waals surface area contributed by atoms with Crippen LogP contribution in [0.3, 0.4) is 0 Å². The number of aliphatic hydroxyl groups is 1. The molecule has 1 fully saturated rings. The Hall–Kier alpha value is -0.340. The summed E-state index contributed by atoms with van der Waals surface area (Å²) in [6, 6.07) is 0.731. The fraction of sp³-hybridized carbons (Fsp3) is 0.750. The van der Waals surface area contributed by atoms with E-state index in [4.69, 9.17) is 5.11 Å². The molecule has 0 bridgehead atoms. The zero-order valence-electron chi connectivity index (χ0n) is 6.45. The third-order valence-corrected chi connectivity index (χ3v) is 1.99. The Labute approximate surface area is 62.2 Å². The monoisotopic (exact) mass is 141 g/mol. The number of rotatable bonds is 4. The van der Waals surface area contributed by atoms with Gasteiger partial charge in [-0.25, -0.2) is 0 Å². The van der Waals surface area contributed by atoms with Crippen LogP contribution in [0.4, 0.5) is 0 Å². The smallest absolute Gasteiger partial charge is 0.0845 e. The molecular weight excluding hydrogens is 126 g/mol. The van der Waals surface area contributed by atoms with E-state index >= 15 is 0 Å². The van der Waals surface area contributed by atoms with Crippen LogP contribution in [0.2, 0.25) is 0 Å². The van der Waals surface area contributed by atoms with Crippen molar-refractivity contribution in [1.29, 1.82) is 0 Å². The van der Waals surface area contributed by atoms with Gasteiger partial charge in [-0.2, -0.15) is 0 Å². The number of aliphatic hydroxyl groups excluding tert-OH is 1. The molecule has 0 saturated carbocycles. The van der Waals surface area contributed by atoms with E-state index in [9.17, 15) is 0 Å². The van der Waals surface area contributed by atoms with Gasteiger partial charge in [0.1, 0.15) is 0 Å². The van der Waals surface area contributed by atoms with Crippen molar-refractivity contribution in [1.82, 2.24) is 4.90 Å². The van der Waals surface area contributed by atoms with Gasteiger partial charge in [0.2, 0.25) is 0 Å². The van der Waals surface area contributed by atoms with Crippen LogP contribution in [-0.4, -0.2) is 35.2 Å². The van der Waals surface area contributed by atoms with Crippen LogP contribution in [0.25, 0.3) is 0 Å². The molecule has 1 aliphatic heterocycles. The van der Waals surface area contributed by atoms with E-state index in [-0.39, 0.29) is 6.10 Å². The predicted octanol–water partition coefficient (Wildman–Crippen LogP) is 0.627. The minimum atomic E-state index is -0.337. The molecule has 0 aromatic carbocycles. The maximum absolute atomic E-state index is 9.12. The van der Waals surface area contributed by atoms with E-state index in [1.807, 2.05) is 0 Å². The summed E-state index contributed by atoms with van der Waals surface area (Å²) in [6.45, 7) is 7.61. The predicted molar refractivity (Wildman–Crippen MR) is 41.9 cm³/mol. The Morgan fingerprint density at radius 2 is 2.60 bits per heavy atom. The molecule has 2 nitrogen and oxygen atoms in total. The summed E-state index contributed by atoms with van der Waals surface area (Å²) in [4.78, 5) is 2.26. The summed E-state index contributed by atoms with van der Waals surface area (Å²) in [5, 5.41) is 9.12. The van der Waals surface area contributed by atoms with E-state index < -0.39 is 0 Å². The largest absolute Gasteiger partial charge is 0.388 e. The molecule has 2 heteroatoms. The van der Waals surface area contributed by atoms with Crippen LogP contribution in [-0.2, 0) is 0 Å². The van der Waals surface area contributed by atoms with Crippen LogP contribution in [0.5, 0.6) is 0 Å². The molecule has 3 atom stereocenters. The van der Waals surface area contributed by atoms with Gasteiger partial charge in [-0.15, -0.1) is 6.58 Å². The Morgan fingerprint density at radius 1 is 1.90 bits per heavy atom. The average molecular weight is 141 g/mol. The fourth-order valence-corrected chi connectivity index (χ4v) is 1.15. The summed E-state index contributed by atoms with van der Waals surface area (Å²) in [6.07, 6.45) is 2.45. The number of β-amino-alcohol motifs (C(OH)–C–C–N with tert-alkyl or cyclic N) is 1. The number of hydrogen-bond donors (Lipinski definition) is 1. The van der Waals surface area contributed by atoms with E-state index in [1.165, 1.54) is 6.42 Å². The van der Waals surface area contributed by atoms with Crippen LogP contribution < -0.4 is 0 Å². The maximum Gasteiger partial charge on any atom is 0.0845 e. The second kappa shape index (κ2) is 3.17. The van der Waals surface area contributed by atoms with Gasteiger partial charge >= 0.3 is 0 Å². The Morgan fingerprint density at radius 3 is 3.00 bits per heavy atom. The van der Waals surface area contributed by atoms with Gasteiger partial charge in [0, 0.05) is 19.1 Å². The quantitative estimate of drug-likeness (QED) is 0.458. The highest BCUT2D eigenvalue weighted by Crippen LogP contribution is 2.20. The third kappa shape index (κ3) is 1.82. The Bertz CT molecular complexity index is 124. The van der Waals surface area contributed by atoms with Gasteiger partial charge in [-0.3, -0.25) is 4.90 Å². The first kappa shape index (κ1) is 7.76. The van der Waals surface area contributed by atoms with Crippen molar-refractivity contribution in [3.63, 3.8) is 0 Å². The van der Waals surface area contributed by atoms with E-state index in [0.29, 0.717) is 0 Å². The first-order chi connectivity index (χ1) is 4.77. The molecule has 10 heavy (non-hydrogen) atoms. The first-order valence-electron chi connectivity index (χ1n) is 3.82. The van der Waals surface area contributed by atoms with Crippen molar-refractivity contribution in [3.8, 4) is 0 Å². The topological polar surface area (TPSA) is 23.2 Å². The molecule has 58 valence electrons.